The van der Waals surface area contributed by atoms with Gasteiger partial charge in [0.15, 0.2) is 17.0 Å². The summed E-state index contributed by atoms with van der Waals surface area (Å²) in [4.78, 5) is 39.6. The Kier molecular flexibility index (Phi) is 9.18. The van der Waals surface area contributed by atoms with E-state index in [4.69, 9.17) is 24.5 Å². The number of carbonyl (C=O) groups is 2. The van der Waals surface area contributed by atoms with Crippen LogP contribution >= 0.6 is 0 Å². The monoisotopic (exact) mass is 654 g/mol. The smallest absolute Gasteiger partial charge is 0.407 e. The summed E-state index contributed by atoms with van der Waals surface area (Å²) in [5, 5.41) is 10.9. The maximum Gasteiger partial charge on any atom is 0.407 e. The van der Waals surface area contributed by atoms with E-state index in [-0.39, 0.29) is 17.4 Å². The van der Waals surface area contributed by atoms with Gasteiger partial charge in [-0.15, -0.1) is 0 Å². The minimum atomic E-state index is -0.530. The van der Waals surface area contributed by atoms with Gasteiger partial charge in [0, 0.05) is 44.5 Å². The lowest BCUT2D eigenvalue weighted by molar-refractivity contribution is 0.0495. The van der Waals surface area contributed by atoms with Gasteiger partial charge in [-0.3, -0.25) is 4.79 Å². The zero-order chi connectivity index (χ0) is 34.1. The van der Waals surface area contributed by atoms with E-state index in [1.165, 1.54) is 0 Å². The molecule has 0 saturated carbocycles. The zero-order valence-corrected chi connectivity index (χ0v) is 28.8. The number of nitrogens with zero attached hydrogens (tertiary/aromatic N) is 6. The predicted molar refractivity (Wildman–Crippen MR) is 186 cm³/mol. The van der Waals surface area contributed by atoms with Crippen LogP contribution in [0, 0.1) is 5.41 Å². The molecule has 1 saturated heterocycles. The lowest BCUT2D eigenvalue weighted by Gasteiger charge is -2.40. The second-order valence-corrected chi connectivity index (χ2v) is 14.0. The molecule has 0 radical (unpaired) electrons. The number of piperidine rings is 1. The molecule has 2 aliphatic rings. The third-order valence-electron chi connectivity index (χ3n) is 9.24. The fraction of sp³-hybridized carbons (Fsp3) is 0.472. The molecular formula is C36H46N8O4. The first kappa shape index (κ1) is 33.0. The maximum atomic E-state index is 12.7. The number of hydrogen-bond acceptors (Lipinski definition) is 9. The van der Waals surface area contributed by atoms with Gasteiger partial charge in [-0.1, -0.05) is 25.1 Å². The molecule has 4 heterocycles. The van der Waals surface area contributed by atoms with Crippen LogP contribution in [0.1, 0.15) is 68.4 Å². The quantitative estimate of drug-likeness (QED) is 0.255. The van der Waals surface area contributed by atoms with Crippen LogP contribution in [0.5, 0.6) is 5.75 Å². The molecule has 12 nitrogen and oxygen atoms in total. The minimum Gasteiger partial charge on any atom is -0.497 e. The van der Waals surface area contributed by atoms with E-state index in [9.17, 15) is 9.59 Å². The first-order valence-electron chi connectivity index (χ1n) is 16.7. The number of nitrogens with one attached hydrogen (secondary N) is 2. The molecule has 2 aromatic heterocycles. The Morgan fingerprint density at radius 1 is 1.04 bits per heavy atom. The first-order valence-corrected chi connectivity index (χ1v) is 16.7. The Hall–Kier alpha value is -4.87. The Labute approximate surface area is 281 Å². The molecule has 2 aliphatic heterocycles. The van der Waals surface area contributed by atoms with Gasteiger partial charge in [0.1, 0.15) is 17.2 Å². The molecule has 48 heavy (non-hydrogen) atoms. The number of alkyl carbamates (subject to hydrolysis) is 1. The molecule has 4 aromatic rings. The Morgan fingerprint density at radius 2 is 1.79 bits per heavy atom. The SMILES string of the molecule is CNC(=O)c1cccc2c1CCCN2c1nn(Cc2ccc(OC)cc2)c2nc(N3CCC(C)(CNC(=O)OC(C)(C)C)CC3)cnc12. The molecule has 1 fully saturated rings. The van der Waals surface area contributed by atoms with Crippen molar-refractivity contribution in [3.63, 3.8) is 0 Å². The van der Waals surface area contributed by atoms with Crippen LogP contribution in [0.3, 0.4) is 0 Å². The van der Waals surface area contributed by atoms with Crippen molar-refractivity contribution in [3.8, 4) is 5.75 Å². The summed E-state index contributed by atoms with van der Waals surface area (Å²) in [6, 6.07) is 13.8. The van der Waals surface area contributed by atoms with Gasteiger partial charge >= 0.3 is 6.09 Å². The van der Waals surface area contributed by atoms with Crippen molar-refractivity contribution in [2.45, 2.75) is 65.5 Å². The molecule has 2 amide bonds. The Morgan fingerprint density at radius 3 is 2.48 bits per heavy atom. The van der Waals surface area contributed by atoms with Crippen LogP contribution in [0.2, 0.25) is 0 Å². The van der Waals surface area contributed by atoms with Gasteiger partial charge in [-0.25, -0.2) is 19.4 Å². The summed E-state index contributed by atoms with van der Waals surface area (Å²) >= 11 is 0. The number of carbonyl (C=O) groups excluding carboxylic acids is 2. The van der Waals surface area contributed by atoms with E-state index in [0.29, 0.717) is 29.8 Å². The molecule has 6 rings (SSSR count). The van der Waals surface area contributed by atoms with Gasteiger partial charge in [0.05, 0.1) is 19.9 Å². The van der Waals surface area contributed by atoms with Crippen LogP contribution in [-0.2, 0) is 17.7 Å². The fourth-order valence-electron chi connectivity index (χ4n) is 6.51. The van der Waals surface area contributed by atoms with Crippen LogP contribution in [0.4, 0.5) is 22.1 Å². The van der Waals surface area contributed by atoms with Crippen LogP contribution in [-0.4, -0.2) is 77.7 Å². The van der Waals surface area contributed by atoms with E-state index in [2.05, 4.69) is 33.4 Å². The van der Waals surface area contributed by atoms with E-state index in [1.54, 1.807) is 14.2 Å². The second-order valence-electron chi connectivity index (χ2n) is 14.0. The molecule has 0 bridgehead atoms. The largest absolute Gasteiger partial charge is 0.497 e. The Balaban J connectivity index is 1.30. The number of amides is 2. The highest BCUT2D eigenvalue weighted by atomic mass is 16.6. The van der Waals surface area contributed by atoms with Crippen molar-refractivity contribution >= 4 is 40.5 Å². The van der Waals surface area contributed by atoms with E-state index < -0.39 is 5.60 Å². The minimum absolute atomic E-state index is 0.0522. The van der Waals surface area contributed by atoms with Crippen molar-refractivity contribution in [2.75, 3.05) is 50.1 Å². The molecule has 0 aliphatic carbocycles. The highest BCUT2D eigenvalue weighted by Gasteiger charge is 2.33. The molecule has 0 atom stereocenters. The second kappa shape index (κ2) is 13.3. The third kappa shape index (κ3) is 7.02. The number of ether oxygens (including phenoxy) is 2. The third-order valence-corrected chi connectivity index (χ3v) is 9.24. The first-order chi connectivity index (χ1) is 23.0. The van der Waals surface area contributed by atoms with Gasteiger partial charge in [0.2, 0.25) is 0 Å². The van der Waals surface area contributed by atoms with Gasteiger partial charge in [0.25, 0.3) is 5.91 Å². The van der Waals surface area contributed by atoms with Crippen molar-refractivity contribution in [3.05, 3.63) is 65.4 Å². The van der Waals surface area contributed by atoms with Crippen molar-refractivity contribution < 1.29 is 19.1 Å². The van der Waals surface area contributed by atoms with E-state index >= 15 is 0 Å². The summed E-state index contributed by atoms with van der Waals surface area (Å²) in [5.74, 6) is 2.23. The number of rotatable bonds is 8. The average molecular weight is 655 g/mol. The average Bonchev–Trinajstić information content (AvgIpc) is 3.43. The van der Waals surface area contributed by atoms with Crippen molar-refractivity contribution in [2.24, 2.45) is 5.41 Å². The Bertz CT molecular complexity index is 1790. The molecule has 0 spiro atoms. The maximum absolute atomic E-state index is 12.7. The summed E-state index contributed by atoms with van der Waals surface area (Å²) in [5.41, 5.74) is 4.57. The molecule has 2 aromatic carbocycles. The molecule has 12 heteroatoms. The van der Waals surface area contributed by atoms with Gasteiger partial charge in [-0.05, 0) is 87.3 Å². The molecule has 2 N–H and O–H groups in total. The number of anilines is 3. The highest BCUT2D eigenvalue weighted by molar-refractivity contribution is 5.98. The van der Waals surface area contributed by atoms with Gasteiger partial charge in [-0.2, -0.15) is 5.10 Å². The number of methoxy groups -OCH3 is 1. The molecule has 0 unspecified atom stereocenters. The zero-order valence-electron chi connectivity index (χ0n) is 28.8. The van der Waals surface area contributed by atoms with Gasteiger partial charge < -0.3 is 29.9 Å². The number of hydrogen-bond donors (Lipinski definition) is 2. The van der Waals surface area contributed by atoms with Crippen LogP contribution < -0.4 is 25.2 Å². The molecule has 254 valence electrons. The topological polar surface area (TPSA) is 127 Å². The summed E-state index contributed by atoms with van der Waals surface area (Å²) in [6.07, 6.45) is 4.93. The summed E-state index contributed by atoms with van der Waals surface area (Å²) in [6.45, 7) is 11.2. The predicted octanol–water partition coefficient (Wildman–Crippen LogP) is 5.46. The fourth-order valence-corrected chi connectivity index (χ4v) is 6.51. The van der Waals surface area contributed by atoms with Crippen LogP contribution in [0.25, 0.3) is 11.2 Å². The lowest BCUT2D eigenvalue weighted by atomic mass is 9.80. The number of aromatic nitrogens is 4. The lowest BCUT2D eigenvalue weighted by Crippen LogP contribution is -2.46. The summed E-state index contributed by atoms with van der Waals surface area (Å²) < 4.78 is 12.7. The highest BCUT2D eigenvalue weighted by Crippen LogP contribution is 2.38. The summed E-state index contributed by atoms with van der Waals surface area (Å²) in [7, 11) is 3.32. The standard InChI is InChI=1S/C36H46N8O4/c1-35(2,3)48-34(46)39-23-36(4)16-19-42(20-17-36)29-21-38-30-31(40-29)44(22-24-12-14-25(47-6)15-13-24)41-32(30)43-18-8-10-26-27(33(45)37-5)9-7-11-28(26)43/h7,9,11-15,21H,8,10,16-20,22-23H2,1-6H3,(H,37,45)(H,39,46). The number of fused-ring (bicyclic) bond motifs is 2. The normalized spacial score (nSPS) is 16.0. The van der Waals surface area contributed by atoms with E-state index in [1.807, 2.05) is 68.0 Å². The molecular weight excluding hydrogens is 608 g/mol. The van der Waals surface area contributed by atoms with E-state index in [0.717, 1.165) is 79.5 Å². The number of benzene rings is 2. The van der Waals surface area contributed by atoms with Crippen LogP contribution in [0.15, 0.2) is 48.7 Å². The van der Waals surface area contributed by atoms with Crippen molar-refractivity contribution in [1.29, 1.82) is 0 Å². The van der Waals surface area contributed by atoms with Crippen molar-refractivity contribution in [1.82, 2.24) is 30.4 Å².